The first kappa shape index (κ1) is 11.9. The molecule has 1 atom stereocenters. The predicted octanol–water partition coefficient (Wildman–Crippen LogP) is 2.06. The molecule has 4 heteroatoms. The fraction of sp³-hybridized carbons (Fsp3) is 0.400. The summed E-state index contributed by atoms with van der Waals surface area (Å²) in [5, 5.41) is 10.0. The number of rotatable bonds is 4. The second-order valence-corrected chi connectivity index (χ2v) is 4.61. The minimum Gasteiger partial charge on any atom is -0.391 e. The summed E-state index contributed by atoms with van der Waals surface area (Å²) in [6.07, 6.45) is -0.434. The number of hydrogen-bond acceptors (Lipinski definition) is 3. The van der Waals surface area contributed by atoms with Crippen LogP contribution in [0, 0.1) is 6.92 Å². The fourth-order valence-electron chi connectivity index (χ4n) is 0.967. The van der Waals surface area contributed by atoms with Crippen LogP contribution in [0.15, 0.2) is 23.1 Å². The number of thioether (sulfide) groups is 1. The Morgan fingerprint density at radius 3 is 2.86 bits per heavy atom. The monoisotopic (exact) mass is 231 g/mol. The van der Waals surface area contributed by atoms with Crippen LogP contribution in [0.2, 0.25) is 5.02 Å². The van der Waals surface area contributed by atoms with E-state index < -0.39 is 6.10 Å². The van der Waals surface area contributed by atoms with Crippen LogP contribution in [-0.2, 0) is 0 Å². The van der Waals surface area contributed by atoms with Gasteiger partial charge in [-0.25, -0.2) is 0 Å². The van der Waals surface area contributed by atoms with Crippen molar-refractivity contribution in [1.82, 2.24) is 0 Å². The molecule has 0 aliphatic heterocycles. The fourth-order valence-corrected chi connectivity index (χ4v) is 2.03. The first-order valence-corrected chi connectivity index (χ1v) is 5.77. The first-order chi connectivity index (χ1) is 6.63. The molecule has 0 saturated carbocycles. The molecule has 3 N–H and O–H groups in total. The third kappa shape index (κ3) is 3.50. The van der Waals surface area contributed by atoms with Gasteiger partial charge in [-0.1, -0.05) is 11.6 Å². The number of aliphatic hydroxyl groups excluding tert-OH is 1. The summed E-state index contributed by atoms with van der Waals surface area (Å²) in [5.41, 5.74) is 6.36. The second kappa shape index (κ2) is 5.61. The summed E-state index contributed by atoms with van der Waals surface area (Å²) in [6, 6.07) is 5.83. The maximum absolute atomic E-state index is 9.27. The van der Waals surface area contributed by atoms with E-state index in [9.17, 15) is 5.11 Å². The highest BCUT2D eigenvalue weighted by molar-refractivity contribution is 7.99. The Bertz CT molecular complexity index is 306. The molecule has 0 fully saturated rings. The molecule has 0 bridgehead atoms. The molecule has 0 aliphatic carbocycles. The largest absolute Gasteiger partial charge is 0.391 e. The smallest absolute Gasteiger partial charge is 0.0756 e. The average Bonchev–Trinajstić information content (AvgIpc) is 2.19. The van der Waals surface area contributed by atoms with Gasteiger partial charge in [0.15, 0.2) is 0 Å². The topological polar surface area (TPSA) is 46.2 Å². The second-order valence-electron chi connectivity index (χ2n) is 3.11. The molecule has 2 nitrogen and oxygen atoms in total. The van der Waals surface area contributed by atoms with Crippen LogP contribution in [0.1, 0.15) is 5.56 Å². The molecule has 0 radical (unpaired) electrons. The minimum absolute atomic E-state index is 0.305. The first-order valence-electron chi connectivity index (χ1n) is 4.40. The zero-order valence-electron chi connectivity index (χ0n) is 8.03. The molecular weight excluding hydrogens is 218 g/mol. The zero-order chi connectivity index (χ0) is 10.6. The Kier molecular flexibility index (Phi) is 4.75. The maximum Gasteiger partial charge on any atom is 0.0756 e. The number of benzene rings is 1. The van der Waals surface area contributed by atoms with Gasteiger partial charge in [0.1, 0.15) is 0 Å². The molecule has 0 amide bonds. The van der Waals surface area contributed by atoms with E-state index >= 15 is 0 Å². The van der Waals surface area contributed by atoms with E-state index in [0.29, 0.717) is 12.3 Å². The Balaban J connectivity index is 2.55. The number of aliphatic hydroxyl groups is 1. The van der Waals surface area contributed by atoms with Crippen molar-refractivity contribution in [2.75, 3.05) is 12.3 Å². The van der Waals surface area contributed by atoms with Gasteiger partial charge in [0.2, 0.25) is 0 Å². The average molecular weight is 232 g/mol. The van der Waals surface area contributed by atoms with Crippen molar-refractivity contribution in [2.45, 2.75) is 17.9 Å². The lowest BCUT2D eigenvalue weighted by Gasteiger charge is -2.07. The van der Waals surface area contributed by atoms with E-state index in [1.54, 1.807) is 11.8 Å². The van der Waals surface area contributed by atoms with Crippen molar-refractivity contribution in [1.29, 1.82) is 0 Å². The van der Waals surface area contributed by atoms with Crippen LogP contribution >= 0.6 is 23.4 Å². The van der Waals surface area contributed by atoms with E-state index in [-0.39, 0.29) is 0 Å². The SMILES string of the molecule is Cc1cc(SCC(O)CN)ccc1Cl. The number of hydrogen-bond donors (Lipinski definition) is 2. The van der Waals surface area contributed by atoms with Crippen LogP contribution in [0.5, 0.6) is 0 Å². The molecule has 78 valence electrons. The summed E-state index contributed by atoms with van der Waals surface area (Å²) in [5.74, 6) is 0.623. The molecule has 0 aliphatic rings. The van der Waals surface area contributed by atoms with Crippen molar-refractivity contribution in [3.63, 3.8) is 0 Å². The Morgan fingerprint density at radius 1 is 1.57 bits per heavy atom. The number of nitrogens with two attached hydrogens (primary N) is 1. The van der Waals surface area contributed by atoms with E-state index in [2.05, 4.69) is 0 Å². The Hall–Kier alpha value is -0.220. The van der Waals surface area contributed by atoms with Gasteiger partial charge >= 0.3 is 0 Å². The van der Waals surface area contributed by atoms with Crippen LogP contribution < -0.4 is 5.73 Å². The third-order valence-corrected chi connectivity index (χ3v) is 3.41. The highest BCUT2D eigenvalue weighted by Crippen LogP contribution is 2.24. The third-order valence-electron chi connectivity index (χ3n) is 1.84. The van der Waals surface area contributed by atoms with Gasteiger partial charge in [0.25, 0.3) is 0 Å². The van der Waals surface area contributed by atoms with Gasteiger partial charge in [-0.05, 0) is 30.7 Å². The van der Waals surface area contributed by atoms with Gasteiger partial charge in [-0.15, -0.1) is 11.8 Å². The summed E-state index contributed by atoms with van der Waals surface area (Å²) in [7, 11) is 0. The van der Waals surface area contributed by atoms with Crippen molar-refractivity contribution >= 4 is 23.4 Å². The standard InChI is InChI=1S/C10H14ClNOS/c1-7-4-9(2-3-10(7)11)14-6-8(13)5-12/h2-4,8,13H,5-6,12H2,1H3. The summed E-state index contributed by atoms with van der Waals surface area (Å²) < 4.78 is 0. The molecule has 1 aromatic rings. The lowest BCUT2D eigenvalue weighted by atomic mass is 10.2. The number of halogens is 1. The van der Waals surface area contributed by atoms with Crippen molar-refractivity contribution < 1.29 is 5.11 Å². The van der Waals surface area contributed by atoms with Crippen LogP contribution in [0.3, 0.4) is 0 Å². The van der Waals surface area contributed by atoms with Crippen LogP contribution in [0.4, 0.5) is 0 Å². The Labute approximate surface area is 93.5 Å². The molecule has 0 aromatic heterocycles. The molecule has 0 saturated heterocycles. The maximum atomic E-state index is 9.27. The molecule has 1 unspecified atom stereocenters. The summed E-state index contributed by atoms with van der Waals surface area (Å²) in [4.78, 5) is 1.11. The van der Waals surface area contributed by atoms with E-state index in [1.807, 2.05) is 25.1 Å². The van der Waals surface area contributed by atoms with Gasteiger partial charge in [0, 0.05) is 22.2 Å². The van der Waals surface area contributed by atoms with Crippen molar-refractivity contribution in [3.8, 4) is 0 Å². The molecule has 0 spiro atoms. The van der Waals surface area contributed by atoms with Crippen molar-refractivity contribution in [2.24, 2.45) is 5.73 Å². The van der Waals surface area contributed by atoms with Gasteiger partial charge < -0.3 is 10.8 Å². The quantitative estimate of drug-likeness (QED) is 0.780. The predicted molar refractivity (Wildman–Crippen MR) is 62.0 cm³/mol. The number of aryl methyl sites for hydroxylation is 1. The highest BCUT2D eigenvalue weighted by atomic mass is 35.5. The molecule has 14 heavy (non-hydrogen) atoms. The van der Waals surface area contributed by atoms with Crippen molar-refractivity contribution in [3.05, 3.63) is 28.8 Å². The Morgan fingerprint density at radius 2 is 2.29 bits per heavy atom. The normalized spacial score (nSPS) is 12.9. The minimum atomic E-state index is -0.434. The highest BCUT2D eigenvalue weighted by Gasteiger charge is 2.03. The van der Waals surface area contributed by atoms with Gasteiger partial charge in [-0.2, -0.15) is 0 Å². The van der Waals surface area contributed by atoms with Gasteiger partial charge in [0.05, 0.1) is 6.10 Å². The van der Waals surface area contributed by atoms with Crippen LogP contribution in [0.25, 0.3) is 0 Å². The van der Waals surface area contributed by atoms with Gasteiger partial charge in [-0.3, -0.25) is 0 Å². The van der Waals surface area contributed by atoms with Crippen LogP contribution in [-0.4, -0.2) is 23.5 Å². The lowest BCUT2D eigenvalue weighted by molar-refractivity contribution is 0.208. The van der Waals surface area contributed by atoms with E-state index in [4.69, 9.17) is 17.3 Å². The molecule has 0 heterocycles. The van der Waals surface area contributed by atoms with E-state index in [1.165, 1.54) is 0 Å². The summed E-state index contributed by atoms with van der Waals surface area (Å²) in [6.45, 7) is 2.27. The molecule has 1 rings (SSSR count). The van der Waals surface area contributed by atoms with E-state index in [0.717, 1.165) is 15.5 Å². The molecule has 1 aromatic carbocycles. The molecular formula is C10H14ClNOS. The lowest BCUT2D eigenvalue weighted by Crippen LogP contribution is -2.21. The summed E-state index contributed by atoms with van der Waals surface area (Å²) >= 11 is 7.48. The zero-order valence-corrected chi connectivity index (χ0v) is 9.61.